The number of aromatic nitrogens is 1. The van der Waals surface area contributed by atoms with Crippen molar-refractivity contribution in [3.8, 4) is 0 Å². The van der Waals surface area contributed by atoms with Crippen LogP contribution < -0.4 is 0 Å². The number of hydrogen-bond acceptors (Lipinski definition) is 3. The largest absolute Gasteiger partial charge is 0.451 e. The van der Waals surface area contributed by atoms with E-state index in [0.717, 1.165) is 0 Å². The van der Waals surface area contributed by atoms with Gasteiger partial charge in [0, 0.05) is 0 Å². The molecule has 0 saturated heterocycles. The Labute approximate surface area is 52.0 Å². The van der Waals surface area contributed by atoms with Crippen LogP contribution in [-0.4, -0.2) is 11.3 Å². The molecule has 3 heteroatoms. The molecule has 0 unspecified atom stereocenters. The molecule has 0 radical (unpaired) electrons. The summed E-state index contributed by atoms with van der Waals surface area (Å²) < 4.78 is 4.63. The molecule has 0 aliphatic rings. The molecule has 0 bridgehead atoms. The summed E-state index contributed by atoms with van der Waals surface area (Å²) in [5.41, 5.74) is 0.655. The summed E-state index contributed by atoms with van der Waals surface area (Å²) in [7, 11) is 0. The Morgan fingerprint density at radius 1 is 1.67 bits per heavy atom. The van der Waals surface area contributed by atoms with Crippen LogP contribution in [0.5, 0.6) is 0 Å². The minimum atomic E-state index is 0.655. The molecule has 0 aliphatic heterocycles. The van der Waals surface area contributed by atoms with Gasteiger partial charge in [-0.1, -0.05) is 0 Å². The quantitative estimate of drug-likeness (QED) is 0.433. The van der Waals surface area contributed by atoms with Gasteiger partial charge in [-0.25, -0.2) is 4.98 Å². The van der Waals surface area contributed by atoms with Gasteiger partial charge in [-0.05, 0) is 12.2 Å². The third-order valence-corrected chi connectivity index (χ3v) is 0.797. The van der Waals surface area contributed by atoms with E-state index in [9.17, 15) is 4.79 Å². The van der Waals surface area contributed by atoms with E-state index in [1.807, 2.05) is 0 Å². The number of allylic oxidation sites excluding steroid dienone is 1. The lowest BCUT2D eigenvalue weighted by Gasteiger charge is -1.71. The summed E-state index contributed by atoms with van der Waals surface area (Å²) in [4.78, 5) is 13.5. The van der Waals surface area contributed by atoms with Crippen LogP contribution in [0.1, 0.15) is 5.69 Å². The van der Waals surface area contributed by atoms with Gasteiger partial charge in [0.15, 0.2) is 6.39 Å². The number of rotatable bonds is 2. The number of carbonyl (C=O) groups is 1. The predicted octanol–water partition coefficient (Wildman–Crippen LogP) is 0.887. The number of hydrogen-bond donors (Lipinski definition) is 0. The van der Waals surface area contributed by atoms with Crippen molar-refractivity contribution in [2.24, 2.45) is 0 Å². The average molecular weight is 123 g/mol. The number of aldehydes is 1. The zero-order valence-corrected chi connectivity index (χ0v) is 4.65. The Kier molecular flexibility index (Phi) is 1.80. The summed E-state index contributed by atoms with van der Waals surface area (Å²) in [5, 5.41) is 0. The minimum absolute atomic E-state index is 0.655. The second-order valence-electron chi connectivity index (χ2n) is 1.41. The molecule has 0 fully saturated rings. The molecule has 0 atom stereocenters. The molecule has 0 aliphatic carbocycles. The van der Waals surface area contributed by atoms with E-state index in [-0.39, 0.29) is 0 Å². The summed E-state index contributed by atoms with van der Waals surface area (Å²) in [5.74, 6) is 0. The first kappa shape index (κ1) is 5.75. The van der Waals surface area contributed by atoms with Crippen LogP contribution in [0.3, 0.4) is 0 Å². The lowest BCUT2D eigenvalue weighted by molar-refractivity contribution is -0.104. The first-order valence-corrected chi connectivity index (χ1v) is 2.43. The summed E-state index contributed by atoms with van der Waals surface area (Å²) in [6.07, 6.45) is 6.38. The first-order chi connectivity index (χ1) is 4.43. The van der Waals surface area contributed by atoms with Crippen LogP contribution >= 0.6 is 0 Å². The van der Waals surface area contributed by atoms with Crippen molar-refractivity contribution >= 4 is 12.4 Å². The topological polar surface area (TPSA) is 43.1 Å². The van der Waals surface area contributed by atoms with E-state index < -0.39 is 0 Å². The molecule has 1 aromatic heterocycles. The Hall–Kier alpha value is -1.38. The van der Waals surface area contributed by atoms with E-state index >= 15 is 0 Å². The fourth-order valence-electron chi connectivity index (χ4n) is 0.442. The molecule has 0 saturated carbocycles. The maximum absolute atomic E-state index is 9.75. The monoisotopic (exact) mass is 123 g/mol. The van der Waals surface area contributed by atoms with E-state index in [1.54, 1.807) is 6.08 Å². The second kappa shape index (κ2) is 2.81. The highest BCUT2D eigenvalue weighted by atomic mass is 16.3. The first-order valence-electron chi connectivity index (χ1n) is 2.43. The number of nitrogens with zero attached hydrogens (tertiary/aromatic N) is 1. The molecule has 0 N–H and O–H groups in total. The Bertz CT molecular complexity index is 201. The van der Waals surface area contributed by atoms with E-state index in [4.69, 9.17) is 0 Å². The molecule has 1 aromatic rings. The van der Waals surface area contributed by atoms with Crippen LogP contribution in [0.15, 0.2) is 23.1 Å². The van der Waals surface area contributed by atoms with Crippen LogP contribution in [0.4, 0.5) is 0 Å². The second-order valence-corrected chi connectivity index (χ2v) is 1.41. The molecule has 3 nitrogen and oxygen atoms in total. The molecule has 0 spiro atoms. The molecule has 1 rings (SSSR count). The summed E-state index contributed by atoms with van der Waals surface area (Å²) in [6.45, 7) is 0. The molecule has 0 amide bonds. The van der Waals surface area contributed by atoms with Crippen molar-refractivity contribution in [3.63, 3.8) is 0 Å². The van der Waals surface area contributed by atoms with Gasteiger partial charge in [-0.15, -0.1) is 0 Å². The van der Waals surface area contributed by atoms with Crippen molar-refractivity contribution in [2.75, 3.05) is 0 Å². The third-order valence-electron chi connectivity index (χ3n) is 0.797. The van der Waals surface area contributed by atoms with Crippen LogP contribution in [0.25, 0.3) is 6.08 Å². The third kappa shape index (κ3) is 1.53. The number of oxazole rings is 1. The fourth-order valence-corrected chi connectivity index (χ4v) is 0.442. The smallest absolute Gasteiger partial charge is 0.181 e. The maximum Gasteiger partial charge on any atom is 0.181 e. The van der Waals surface area contributed by atoms with Gasteiger partial charge < -0.3 is 4.42 Å². The van der Waals surface area contributed by atoms with Gasteiger partial charge in [0.05, 0.1) is 0 Å². The molecule has 9 heavy (non-hydrogen) atoms. The van der Waals surface area contributed by atoms with Gasteiger partial charge in [-0.2, -0.15) is 0 Å². The lowest BCUT2D eigenvalue weighted by atomic mass is 10.4. The zero-order valence-electron chi connectivity index (χ0n) is 4.65. The van der Waals surface area contributed by atoms with E-state index in [0.29, 0.717) is 12.0 Å². The van der Waals surface area contributed by atoms with E-state index in [1.165, 1.54) is 18.7 Å². The maximum atomic E-state index is 9.75. The normalized spacial score (nSPS) is 10.2. The van der Waals surface area contributed by atoms with Crippen LogP contribution in [-0.2, 0) is 4.79 Å². The summed E-state index contributed by atoms with van der Waals surface area (Å²) in [6, 6.07) is 0. The fraction of sp³-hybridized carbons (Fsp3) is 0. The van der Waals surface area contributed by atoms with Crippen molar-refractivity contribution in [1.29, 1.82) is 0 Å². The van der Waals surface area contributed by atoms with Gasteiger partial charge in [0.2, 0.25) is 0 Å². The Balaban J connectivity index is 2.67. The molecule has 46 valence electrons. The van der Waals surface area contributed by atoms with Gasteiger partial charge in [-0.3, -0.25) is 4.79 Å². The molecule has 0 aromatic carbocycles. The van der Waals surface area contributed by atoms with Crippen LogP contribution in [0.2, 0.25) is 0 Å². The SMILES string of the molecule is O=CC=Cc1cocn1. The highest BCUT2D eigenvalue weighted by Crippen LogP contribution is 1.94. The van der Waals surface area contributed by atoms with E-state index in [2.05, 4.69) is 9.40 Å². The Morgan fingerprint density at radius 2 is 2.56 bits per heavy atom. The van der Waals surface area contributed by atoms with Gasteiger partial charge in [0.25, 0.3) is 0 Å². The van der Waals surface area contributed by atoms with Crippen molar-refractivity contribution in [2.45, 2.75) is 0 Å². The van der Waals surface area contributed by atoms with Gasteiger partial charge >= 0.3 is 0 Å². The average Bonchev–Trinajstić information content (AvgIpc) is 2.34. The molecular weight excluding hydrogens is 118 g/mol. The van der Waals surface area contributed by atoms with Crippen molar-refractivity contribution < 1.29 is 9.21 Å². The highest BCUT2D eigenvalue weighted by Gasteiger charge is 1.84. The molecule has 1 heterocycles. The van der Waals surface area contributed by atoms with Crippen molar-refractivity contribution in [1.82, 2.24) is 4.98 Å². The van der Waals surface area contributed by atoms with Crippen LogP contribution in [0, 0.1) is 0 Å². The summed E-state index contributed by atoms with van der Waals surface area (Å²) >= 11 is 0. The standard InChI is InChI=1S/C6H5NO2/c8-3-1-2-6-4-9-5-7-6/h1-5H. The van der Waals surface area contributed by atoms with Crippen molar-refractivity contribution in [3.05, 3.63) is 24.4 Å². The van der Waals surface area contributed by atoms with Gasteiger partial charge in [0.1, 0.15) is 18.2 Å². The Morgan fingerprint density at radius 3 is 3.11 bits per heavy atom. The lowest BCUT2D eigenvalue weighted by Crippen LogP contribution is -1.66. The molecular formula is C6H5NO2. The minimum Gasteiger partial charge on any atom is -0.451 e. The highest BCUT2D eigenvalue weighted by molar-refractivity contribution is 5.72. The number of carbonyl (C=O) groups excluding carboxylic acids is 1. The predicted molar refractivity (Wildman–Crippen MR) is 31.6 cm³/mol. The zero-order chi connectivity index (χ0) is 6.53.